The highest BCUT2D eigenvalue weighted by Crippen LogP contribution is 2.29. The zero-order valence-corrected chi connectivity index (χ0v) is 16.0. The van der Waals surface area contributed by atoms with Gasteiger partial charge in [-0.3, -0.25) is 4.90 Å². The van der Waals surface area contributed by atoms with E-state index in [2.05, 4.69) is 4.90 Å². The Labute approximate surface area is 163 Å². The lowest BCUT2D eigenvalue weighted by Crippen LogP contribution is -2.48. The molecule has 0 aliphatic carbocycles. The van der Waals surface area contributed by atoms with Gasteiger partial charge < -0.3 is 19.3 Å². The Morgan fingerprint density at radius 1 is 1.11 bits per heavy atom. The summed E-state index contributed by atoms with van der Waals surface area (Å²) < 4.78 is 43.1. The van der Waals surface area contributed by atoms with Gasteiger partial charge in [-0.2, -0.15) is 0 Å². The highest BCUT2D eigenvalue weighted by Gasteiger charge is 2.29. The van der Waals surface area contributed by atoms with Gasteiger partial charge in [-0.1, -0.05) is 6.07 Å². The standard InChI is InChI=1S/C21H25F2NO4/c1-3-27-20-5-4-14(8-21(20)26-2)12-24-7-6-19(18(25)13-24)28-17-10-15(22)9-16(23)11-17/h4-5,8-11,18-19,25H,3,6-7,12-13H2,1-2H3/t18-,19-/m1/s1. The Morgan fingerprint density at radius 2 is 1.86 bits per heavy atom. The molecule has 0 bridgehead atoms. The number of likely N-dealkylation sites (tertiary alicyclic amines) is 1. The third kappa shape index (κ3) is 5.11. The number of halogens is 2. The van der Waals surface area contributed by atoms with Crippen molar-refractivity contribution in [1.29, 1.82) is 0 Å². The fraction of sp³-hybridized carbons (Fsp3) is 0.429. The number of hydrogen-bond acceptors (Lipinski definition) is 5. The first-order valence-electron chi connectivity index (χ1n) is 9.31. The first-order valence-corrected chi connectivity index (χ1v) is 9.31. The van der Waals surface area contributed by atoms with Crippen molar-refractivity contribution in [2.45, 2.75) is 32.1 Å². The second kappa shape index (κ2) is 9.21. The fourth-order valence-electron chi connectivity index (χ4n) is 3.37. The molecule has 0 radical (unpaired) electrons. The number of rotatable bonds is 7. The van der Waals surface area contributed by atoms with E-state index < -0.39 is 23.8 Å². The number of methoxy groups -OCH3 is 1. The van der Waals surface area contributed by atoms with Crippen molar-refractivity contribution in [2.75, 3.05) is 26.8 Å². The molecular weight excluding hydrogens is 368 g/mol. The number of β-amino-alcohol motifs (C(OH)–C–C–N with tert-alkyl or cyclic N) is 1. The van der Waals surface area contributed by atoms with Crippen molar-refractivity contribution < 1.29 is 28.1 Å². The predicted octanol–water partition coefficient (Wildman–Crippen LogP) is 3.39. The largest absolute Gasteiger partial charge is 0.493 e. The van der Waals surface area contributed by atoms with Crippen molar-refractivity contribution >= 4 is 0 Å². The normalized spacial score (nSPS) is 20.0. The molecule has 0 saturated carbocycles. The lowest BCUT2D eigenvalue weighted by Gasteiger charge is -2.36. The number of benzene rings is 2. The average molecular weight is 393 g/mol. The average Bonchev–Trinajstić information content (AvgIpc) is 2.64. The molecule has 1 aliphatic rings. The molecule has 1 heterocycles. The summed E-state index contributed by atoms with van der Waals surface area (Å²) >= 11 is 0. The predicted molar refractivity (Wildman–Crippen MR) is 101 cm³/mol. The Hall–Kier alpha value is -2.38. The molecule has 3 rings (SSSR count). The second-order valence-electron chi connectivity index (χ2n) is 6.77. The van der Waals surface area contributed by atoms with E-state index in [-0.39, 0.29) is 5.75 Å². The minimum atomic E-state index is -0.760. The van der Waals surface area contributed by atoms with Crippen LogP contribution in [0.5, 0.6) is 17.2 Å². The smallest absolute Gasteiger partial charge is 0.161 e. The van der Waals surface area contributed by atoms with Crippen LogP contribution in [0.1, 0.15) is 18.9 Å². The van der Waals surface area contributed by atoms with Crippen molar-refractivity contribution in [2.24, 2.45) is 0 Å². The van der Waals surface area contributed by atoms with Crippen LogP contribution in [-0.2, 0) is 6.54 Å². The number of nitrogens with zero attached hydrogens (tertiary/aromatic N) is 1. The van der Waals surface area contributed by atoms with E-state index in [1.54, 1.807) is 7.11 Å². The Morgan fingerprint density at radius 3 is 2.50 bits per heavy atom. The molecule has 1 aliphatic heterocycles. The van der Waals surface area contributed by atoms with Gasteiger partial charge in [0, 0.05) is 37.8 Å². The molecule has 5 nitrogen and oxygen atoms in total. The van der Waals surface area contributed by atoms with Gasteiger partial charge in [0.1, 0.15) is 29.6 Å². The van der Waals surface area contributed by atoms with Crippen LogP contribution >= 0.6 is 0 Å². The van der Waals surface area contributed by atoms with Gasteiger partial charge >= 0.3 is 0 Å². The van der Waals surface area contributed by atoms with Crippen LogP contribution < -0.4 is 14.2 Å². The highest BCUT2D eigenvalue weighted by atomic mass is 19.1. The van der Waals surface area contributed by atoms with Gasteiger partial charge in [0.25, 0.3) is 0 Å². The van der Waals surface area contributed by atoms with Crippen molar-refractivity contribution in [3.8, 4) is 17.2 Å². The molecule has 0 unspecified atom stereocenters. The molecule has 152 valence electrons. The van der Waals surface area contributed by atoms with Crippen LogP contribution in [0.4, 0.5) is 8.78 Å². The lowest BCUT2D eigenvalue weighted by molar-refractivity contribution is -0.0277. The van der Waals surface area contributed by atoms with E-state index in [4.69, 9.17) is 14.2 Å². The molecule has 0 spiro atoms. The summed E-state index contributed by atoms with van der Waals surface area (Å²) in [7, 11) is 1.60. The van der Waals surface area contributed by atoms with Crippen LogP contribution in [0.3, 0.4) is 0 Å². The van der Waals surface area contributed by atoms with Gasteiger partial charge in [0.2, 0.25) is 0 Å². The molecule has 2 aromatic rings. The number of ether oxygens (including phenoxy) is 3. The van der Waals surface area contributed by atoms with Crippen LogP contribution in [0.2, 0.25) is 0 Å². The molecule has 1 fully saturated rings. The zero-order chi connectivity index (χ0) is 20.1. The highest BCUT2D eigenvalue weighted by molar-refractivity contribution is 5.43. The minimum absolute atomic E-state index is 0.0891. The molecule has 28 heavy (non-hydrogen) atoms. The summed E-state index contributed by atoms with van der Waals surface area (Å²) in [5.74, 6) is 0.0541. The van der Waals surface area contributed by atoms with E-state index >= 15 is 0 Å². The maximum Gasteiger partial charge on any atom is 0.161 e. The number of piperidine rings is 1. The molecule has 1 saturated heterocycles. The van der Waals surface area contributed by atoms with Gasteiger partial charge in [-0.15, -0.1) is 0 Å². The summed E-state index contributed by atoms with van der Waals surface area (Å²) in [5, 5.41) is 10.4. The quantitative estimate of drug-likeness (QED) is 0.782. The molecule has 0 amide bonds. The lowest BCUT2D eigenvalue weighted by atomic mass is 10.0. The third-order valence-corrected chi connectivity index (χ3v) is 4.66. The monoisotopic (exact) mass is 393 g/mol. The summed E-state index contributed by atoms with van der Waals surface area (Å²) in [6, 6.07) is 8.80. The molecular formula is C21H25F2NO4. The summed E-state index contributed by atoms with van der Waals surface area (Å²) in [6.45, 7) is 4.21. The van der Waals surface area contributed by atoms with E-state index in [0.717, 1.165) is 23.8 Å². The molecule has 2 atom stereocenters. The summed E-state index contributed by atoms with van der Waals surface area (Å²) in [4.78, 5) is 2.10. The summed E-state index contributed by atoms with van der Waals surface area (Å²) in [5.41, 5.74) is 1.04. The SMILES string of the molecule is CCOc1ccc(CN2CC[C@@H](Oc3cc(F)cc(F)c3)[C@H](O)C2)cc1OC. The fourth-order valence-corrected chi connectivity index (χ4v) is 3.37. The van der Waals surface area contributed by atoms with Crippen LogP contribution in [0, 0.1) is 11.6 Å². The topological polar surface area (TPSA) is 51.2 Å². The number of aliphatic hydroxyl groups is 1. The molecule has 7 heteroatoms. The maximum absolute atomic E-state index is 13.3. The number of hydrogen-bond donors (Lipinski definition) is 1. The first-order chi connectivity index (χ1) is 13.5. The van der Waals surface area contributed by atoms with Gasteiger partial charge in [0.15, 0.2) is 11.5 Å². The maximum atomic E-state index is 13.3. The van der Waals surface area contributed by atoms with Crippen LogP contribution in [0.15, 0.2) is 36.4 Å². The zero-order valence-electron chi connectivity index (χ0n) is 16.0. The second-order valence-corrected chi connectivity index (χ2v) is 6.77. The molecule has 1 N–H and O–H groups in total. The van der Waals surface area contributed by atoms with Crippen LogP contribution in [-0.4, -0.2) is 49.0 Å². The minimum Gasteiger partial charge on any atom is -0.493 e. The Balaban J connectivity index is 1.59. The van der Waals surface area contributed by atoms with E-state index in [1.165, 1.54) is 0 Å². The third-order valence-electron chi connectivity index (χ3n) is 4.66. The van der Waals surface area contributed by atoms with E-state index in [1.807, 2.05) is 25.1 Å². The number of aliphatic hydroxyl groups excluding tert-OH is 1. The first kappa shape index (κ1) is 20.4. The van der Waals surface area contributed by atoms with E-state index in [0.29, 0.717) is 44.2 Å². The van der Waals surface area contributed by atoms with Crippen molar-refractivity contribution in [1.82, 2.24) is 4.90 Å². The van der Waals surface area contributed by atoms with Gasteiger partial charge in [0.05, 0.1) is 13.7 Å². The van der Waals surface area contributed by atoms with Crippen LogP contribution in [0.25, 0.3) is 0 Å². The van der Waals surface area contributed by atoms with Crippen molar-refractivity contribution in [3.63, 3.8) is 0 Å². The molecule has 2 aromatic carbocycles. The van der Waals surface area contributed by atoms with Gasteiger partial charge in [-0.05, 0) is 31.0 Å². The van der Waals surface area contributed by atoms with Gasteiger partial charge in [-0.25, -0.2) is 8.78 Å². The summed E-state index contributed by atoms with van der Waals surface area (Å²) in [6.07, 6.45) is -0.718. The Bertz CT molecular complexity index is 782. The van der Waals surface area contributed by atoms with E-state index in [9.17, 15) is 13.9 Å². The van der Waals surface area contributed by atoms with Crippen molar-refractivity contribution in [3.05, 3.63) is 53.6 Å². The molecule has 0 aromatic heterocycles. The Kier molecular flexibility index (Phi) is 6.70.